The molecule has 3 rings (SSSR count). The molecule has 1 atom stereocenters. The number of carbonyl (C=O) groups excluding carboxylic acids is 2. The summed E-state index contributed by atoms with van der Waals surface area (Å²) in [6.45, 7) is 7.10. The van der Waals surface area contributed by atoms with Crippen LogP contribution in [0.25, 0.3) is 0 Å². The highest BCUT2D eigenvalue weighted by atomic mass is 16.7. The molecule has 0 saturated heterocycles. The maximum absolute atomic E-state index is 13.1. The molecule has 2 aromatic rings. The van der Waals surface area contributed by atoms with E-state index >= 15 is 0 Å². The molecule has 30 heavy (non-hydrogen) atoms. The van der Waals surface area contributed by atoms with Gasteiger partial charge >= 0.3 is 0 Å². The highest BCUT2D eigenvalue weighted by molar-refractivity contribution is 5.87. The highest BCUT2D eigenvalue weighted by Gasteiger charge is 2.26. The molecule has 160 valence electrons. The van der Waals surface area contributed by atoms with Crippen molar-refractivity contribution in [3.05, 3.63) is 59.7 Å². The second-order valence-corrected chi connectivity index (χ2v) is 8.01. The highest BCUT2D eigenvalue weighted by Crippen LogP contribution is 2.32. The van der Waals surface area contributed by atoms with Crippen molar-refractivity contribution in [3.8, 4) is 11.5 Å². The van der Waals surface area contributed by atoms with Gasteiger partial charge in [-0.1, -0.05) is 50.2 Å². The molecule has 1 heterocycles. The zero-order valence-corrected chi connectivity index (χ0v) is 17.9. The van der Waals surface area contributed by atoms with E-state index in [9.17, 15) is 9.59 Å². The quantitative estimate of drug-likeness (QED) is 0.687. The first-order valence-corrected chi connectivity index (χ1v) is 10.4. The van der Waals surface area contributed by atoms with Crippen LogP contribution in [-0.2, 0) is 22.6 Å². The van der Waals surface area contributed by atoms with Crippen LogP contribution in [0.15, 0.2) is 48.5 Å². The van der Waals surface area contributed by atoms with E-state index in [-0.39, 0.29) is 18.6 Å². The van der Waals surface area contributed by atoms with E-state index in [0.717, 1.165) is 16.9 Å². The number of aryl methyl sites for hydroxylation is 1. The maximum atomic E-state index is 13.1. The number of nitrogens with one attached hydrogen (secondary N) is 1. The molecule has 0 spiro atoms. The van der Waals surface area contributed by atoms with Crippen molar-refractivity contribution in [3.63, 3.8) is 0 Å². The van der Waals surface area contributed by atoms with Crippen LogP contribution in [0.2, 0.25) is 0 Å². The van der Waals surface area contributed by atoms with Crippen LogP contribution < -0.4 is 14.8 Å². The minimum absolute atomic E-state index is 0.0521. The molecule has 1 aliphatic heterocycles. The molecule has 6 heteroatoms. The molecule has 1 aliphatic rings. The van der Waals surface area contributed by atoms with Crippen molar-refractivity contribution in [1.29, 1.82) is 0 Å². The Labute approximate surface area is 178 Å². The van der Waals surface area contributed by atoms with Gasteiger partial charge in [0.25, 0.3) is 0 Å². The standard InChI is InChI=1S/C24H30N2O4/c1-17(2)14-25-24(28)18(3)26(15-20-7-5-4-6-8-20)23(27)12-10-19-9-11-21-22(13-19)30-16-29-21/h4-9,11,13,17-18H,10,12,14-16H2,1-3H3,(H,25,28)/t18-/m0/s1. The maximum Gasteiger partial charge on any atom is 0.242 e. The van der Waals surface area contributed by atoms with Gasteiger partial charge in [0.2, 0.25) is 18.6 Å². The first-order chi connectivity index (χ1) is 14.4. The van der Waals surface area contributed by atoms with Crippen LogP contribution in [0.3, 0.4) is 0 Å². The summed E-state index contributed by atoms with van der Waals surface area (Å²) in [6, 6.07) is 14.9. The summed E-state index contributed by atoms with van der Waals surface area (Å²) in [6.07, 6.45) is 0.884. The summed E-state index contributed by atoms with van der Waals surface area (Å²) in [7, 11) is 0. The van der Waals surface area contributed by atoms with E-state index in [0.29, 0.717) is 37.6 Å². The Morgan fingerprint density at radius 1 is 1.00 bits per heavy atom. The Bertz CT molecular complexity index is 867. The molecule has 0 aliphatic carbocycles. The number of fused-ring (bicyclic) bond motifs is 1. The molecule has 0 fully saturated rings. The molecule has 2 aromatic carbocycles. The number of hydrogen-bond acceptors (Lipinski definition) is 4. The van der Waals surface area contributed by atoms with E-state index in [2.05, 4.69) is 5.32 Å². The van der Waals surface area contributed by atoms with E-state index in [1.54, 1.807) is 11.8 Å². The van der Waals surface area contributed by atoms with Crippen molar-refractivity contribution < 1.29 is 19.1 Å². The van der Waals surface area contributed by atoms with Crippen LogP contribution >= 0.6 is 0 Å². The second kappa shape index (κ2) is 10.1. The molecular weight excluding hydrogens is 380 g/mol. The molecule has 6 nitrogen and oxygen atoms in total. The lowest BCUT2D eigenvalue weighted by atomic mass is 10.1. The van der Waals surface area contributed by atoms with Gasteiger partial charge < -0.3 is 19.7 Å². The van der Waals surface area contributed by atoms with Gasteiger partial charge in [-0.05, 0) is 42.5 Å². The fourth-order valence-corrected chi connectivity index (χ4v) is 3.31. The first kappa shape index (κ1) is 21.7. The average molecular weight is 411 g/mol. The van der Waals surface area contributed by atoms with Gasteiger partial charge in [0.05, 0.1) is 0 Å². The molecular formula is C24H30N2O4. The largest absolute Gasteiger partial charge is 0.454 e. The third kappa shape index (κ3) is 5.75. The number of amides is 2. The van der Waals surface area contributed by atoms with E-state index < -0.39 is 6.04 Å². The van der Waals surface area contributed by atoms with E-state index in [1.165, 1.54) is 0 Å². The van der Waals surface area contributed by atoms with Gasteiger partial charge in [-0.25, -0.2) is 0 Å². The Kier molecular flexibility index (Phi) is 7.33. The van der Waals surface area contributed by atoms with Gasteiger partial charge in [0.15, 0.2) is 11.5 Å². The lowest BCUT2D eigenvalue weighted by Crippen LogP contribution is -2.48. The number of hydrogen-bond donors (Lipinski definition) is 1. The zero-order chi connectivity index (χ0) is 21.5. The Balaban J connectivity index is 1.68. The first-order valence-electron chi connectivity index (χ1n) is 10.4. The van der Waals surface area contributed by atoms with Gasteiger partial charge in [-0.3, -0.25) is 9.59 Å². The van der Waals surface area contributed by atoms with Crippen LogP contribution in [0.5, 0.6) is 11.5 Å². The fraction of sp³-hybridized carbons (Fsp3) is 0.417. The average Bonchev–Trinajstić information content (AvgIpc) is 3.22. The number of nitrogens with zero attached hydrogens (tertiary/aromatic N) is 1. The zero-order valence-electron chi connectivity index (χ0n) is 17.9. The minimum atomic E-state index is -0.548. The lowest BCUT2D eigenvalue weighted by Gasteiger charge is -2.29. The van der Waals surface area contributed by atoms with Crippen LogP contribution in [-0.4, -0.2) is 36.1 Å². The topological polar surface area (TPSA) is 67.9 Å². The number of benzene rings is 2. The Morgan fingerprint density at radius 2 is 1.73 bits per heavy atom. The second-order valence-electron chi connectivity index (χ2n) is 8.01. The number of rotatable bonds is 9. The van der Waals surface area contributed by atoms with Gasteiger partial charge in [0.1, 0.15) is 6.04 Å². The molecule has 0 unspecified atom stereocenters. The van der Waals surface area contributed by atoms with Gasteiger partial charge in [-0.2, -0.15) is 0 Å². The van der Waals surface area contributed by atoms with Gasteiger partial charge in [-0.15, -0.1) is 0 Å². The molecule has 0 saturated carbocycles. The van der Waals surface area contributed by atoms with E-state index in [1.807, 2.05) is 62.4 Å². The predicted molar refractivity (Wildman–Crippen MR) is 115 cm³/mol. The van der Waals surface area contributed by atoms with Crippen LogP contribution in [0.4, 0.5) is 0 Å². The lowest BCUT2D eigenvalue weighted by molar-refractivity contribution is -0.140. The normalized spacial score (nSPS) is 13.2. The summed E-state index contributed by atoms with van der Waals surface area (Å²) in [4.78, 5) is 27.4. The number of carbonyl (C=O) groups is 2. The molecule has 0 aromatic heterocycles. The SMILES string of the molecule is CC(C)CNC(=O)[C@H](C)N(Cc1ccccc1)C(=O)CCc1ccc2c(c1)OCO2. The Morgan fingerprint density at radius 3 is 2.47 bits per heavy atom. The minimum Gasteiger partial charge on any atom is -0.454 e. The van der Waals surface area contributed by atoms with Crippen LogP contribution in [0, 0.1) is 5.92 Å². The van der Waals surface area contributed by atoms with Crippen molar-refractivity contribution >= 4 is 11.8 Å². The molecule has 1 N–H and O–H groups in total. The van der Waals surface area contributed by atoms with E-state index in [4.69, 9.17) is 9.47 Å². The van der Waals surface area contributed by atoms with Crippen molar-refractivity contribution in [2.45, 2.75) is 46.2 Å². The molecule has 0 bridgehead atoms. The molecule has 0 radical (unpaired) electrons. The summed E-state index contributed by atoms with van der Waals surface area (Å²) in [5, 5.41) is 2.94. The third-order valence-electron chi connectivity index (χ3n) is 5.11. The van der Waals surface area contributed by atoms with Crippen molar-refractivity contribution in [1.82, 2.24) is 10.2 Å². The number of ether oxygens (including phenoxy) is 2. The molecule has 2 amide bonds. The predicted octanol–water partition coefficient (Wildman–Crippen LogP) is 3.54. The summed E-state index contributed by atoms with van der Waals surface area (Å²) >= 11 is 0. The monoisotopic (exact) mass is 410 g/mol. The summed E-state index contributed by atoms with van der Waals surface area (Å²) < 4.78 is 10.8. The fourth-order valence-electron chi connectivity index (χ4n) is 3.31. The van der Waals surface area contributed by atoms with Crippen molar-refractivity contribution in [2.24, 2.45) is 5.92 Å². The van der Waals surface area contributed by atoms with Crippen LogP contribution in [0.1, 0.15) is 38.3 Å². The smallest absolute Gasteiger partial charge is 0.242 e. The Hall–Kier alpha value is -3.02. The third-order valence-corrected chi connectivity index (χ3v) is 5.11. The van der Waals surface area contributed by atoms with Gasteiger partial charge in [0, 0.05) is 19.5 Å². The summed E-state index contributed by atoms with van der Waals surface area (Å²) in [5.41, 5.74) is 2.00. The van der Waals surface area contributed by atoms with Crippen molar-refractivity contribution in [2.75, 3.05) is 13.3 Å². The summed E-state index contributed by atoms with van der Waals surface area (Å²) in [5.74, 6) is 1.61.